The molecule has 2 N–H and O–H groups in total. The van der Waals surface area contributed by atoms with Crippen LogP contribution in [0.5, 0.6) is 0 Å². The number of hydrogen-bond acceptors (Lipinski definition) is 6. The number of benzene rings is 3. The van der Waals surface area contributed by atoms with Crippen molar-refractivity contribution >= 4 is 32.6 Å². The van der Waals surface area contributed by atoms with Gasteiger partial charge in [-0.25, -0.2) is 8.42 Å². The number of amides is 1. The molecule has 40 heavy (non-hydrogen) atoms. The quantitative estimate of drug-likeness (QED) is 0.304. The van der Waals surface area contributed by atoms with E-state index in [1.54, 1.807) is 30.3 Å². The van der Waals surface area contributed by atoms with Gasteiger partial charge in [0.05, 0.1) is 18.1 Å². The Kier molecular flexibility index (Phi) is 7.98. The van der Waals surface area contributed by atoms with Gasteiger partial charge >= 0.3 is 0 Å². The van der Waals surface area contributed by atoms with Crippen LogP contribution >= 0.6 is 0 Å². The van der Waals surface area contributed by atoms with Crippen LogP contribution in [-0.4, -0.2) is 58.6 Å². The summed E-state index contributed by atoms with van der Waals surface area (Å²) in [6.45, 7) is 10.5. The van der Waals surface area contributed by atoms with Gasteiger partial charge in [-0.05, 0) is 46.9 Å². The van der Waals surface area contributed by atoms with Crippen LogP contribution in [0, 0.1) is 0 Å². The van der Waals surface area contributed by atoms with Crippen LogP contribution < -0.4 is 10.0 Å². The van der Waals surface area contributed by atoms with Crippen LogP contribution in [0.2, 0.25) is 0 Å². The van der Waals surface area contributed by atoms with Crippen LogP contribution in [0.1, 0.15) is 36.9 Å². The highest BCUT2D eigenvalue weighted by Crippen LogP contribution is 2.37. The van der Waals surface area contributed by atoms with Crippen molar-refractivity contribution in [1.82, 2.24) is 10.2 Å². The smallest absolute Gasteiger partial charge is 0.287 e. The van der Waals surface area contributed by atoms with E-state index in [0.717, 1.165) is 30.8 Å². The summed E-state index contributed by atoms with van der Waals surface area (Å²) in [5.74, 6) is -0.120. The number of fused-ring (bicyclic) bond motifs is 1. The third kappa shape index (κ3) is 6.22. The number of furan rings is 1. The zero-order valence-electron chi connectivity index (χ0n) is 23.1. The lowest BCUT2D eigenvalue weighted by atomic mass is 9.87. The van der Waals surface area contributed by atoms with Crippen LogP contribution in [0.4, 0.5) is 5.69 Å². The van der Waals surface area contributed by atoms with Gasteiger partial charge in [0.15, 0.2) is 0 Å². The van der Waals surface area contributed by atoms with Gasteiger partial charge in [-0.1, -0.05) is 63.2 Å². The summed E-state index contributed by atoms with van der Waals surface area (Å²) in [5, 5.41) is 3.63. The standard InChI is InChI=1S/C31H35N3O5S/c1-31(2,3)23-9-12-25(13-10-23)40(36,37)33-24-11-14-27-26(21-24)28(22-7-5-4-6-8-22)29(39-27)30(35)32-15-16-34-17-19-38-20-18-34/h4-14,21,33H,15-20H2,1-3H3,(H,32,35). The fraction of sp³-hybridized carbons (Fsp3) is 0.323. The molecule has 2 heterocycles. The van der Waals surface area contributed by atoms with Gasteiger partial charge in [-0.15, -0.1) is 0 Å². The van der Waals surface area contributed by atoms with E-state index in [9.17, 15) is 13.2 Å². The zero-order valence-corrected chi connectivity index (χ0v) is 23.9. The number of sulfonamides is 1. The number of carbonyl (C=O) groups excluding carboxylic acids is 1. The number of ether oxygens (including phenoxy) is 1. The van der Waals surface area contributed by atoms with E-state index in [-0.39, 0.29) is 22.0 Å². The van der Waals surface area contributed by atoms with E-state index < -0.39 is 10.0 Å². The summed E-state index contributed by atoms with van der Waals surface area (Å²) in [4.78, 5) is 15.7. The molecule has 1 aliphatic heterocycles. The first-order valence-electron chi connectivity index (χ1n) is 13.5. The zero-order chi connectivity index (χ0) is 28.3. The Morgan fingerprint density at radius 3 is 2.33 bits per heavy atom. The number of morpholine rings is 1. The van der Waals surface area contributed by atoms with Gasteiger partial charge < -0.3 is 14.5 Å². The highest BCUT2D eigenvalue weighted by Gasteiger charge is 2.24. The molecule has 0 atom stereocenters. The Labute approximate surface area is 235 Å². The molecule has 9 heteroatoms. The number of nitrogens with one attached hydrogen (secondary N) is 2. The van der Waals surface area contributed by atoms with Crippen LogP contribution in [0.15, 0.2) is 82.1 Å². The summed E-state index contributed by atoms with van der Waals surface area (Å²) in [5.41, 5.74) is 3.27. The minimum Gasteiger partial charge on any atom is -0.450 e. The predicted molar refractivity (Wildman–Crippen MR) is 157 cm³/mol. The molecule has 0 bridgehead atoms. The Bertz CT molecular complexity index is 1580. The molecule has 3 aromatic carbocycles. The number of rotatable bonds is 8. The van der Waals surface area contributed by atoms with Crippen molar-refractivity contribution < 1.29 is 22.4 Å². The maximum Gasteiger partial charge on any atom is 0.287 e. The van der Waals surface area contributed by atoms with Crippen molar-refractivity contribution in [1.29, 1.82) is 0 Å². The van der Waals surface area contributed by atoms with E-state index in [1.165, 1.54) is 0 Å². The average molecular weight is 562 g/mol. The summed E-state index contributed by atoms with van der Waals surface area (Å²) >= 11 is 0. The van der Waals surface area contributed by atoms with Gasteiger partial charge in [0, 0.05) is 42.8 Å². The number of carbonyl (C=O) groups is 1. The highest BCUT2D eigenvalue weighted by molar-refractivity contribution is 7.92. The minimum atomic E-state index is -3.83. The molecule has 1 saturated heterocycles. The first kappa shape index (κ1) is 27.9. The largest absolute Gasteiger partial charge is 0.450 e. The monoisotopic (exact) mass is 561 g/mol. The van der Waals surface area contributed by atoms with Gasteiger partial charge in [-0.2, -0.15) is 0 Å². The molecule has 5 rings (SSSR count). The van der Waals surface area contributed by atoms with E-state index >= 15 is 0 Å². The molecule has 0 aliphatic carbocycles. The molecule has 1 fully saturated rings. The van der Waals surface area contributed by atoms with Gasteiger partial charge in [-0.3, -0.25) is 14.4 Å². The lowest BCUT2D eigenvalue weighted by Gasteiger charge is -2.26. The molecule has 0 spiro atoms. The first-order chi connectivity index (χ1) is 19.1. The Morgan fingerprint density at radius 2 is 1.65 bits per heavy atom. The second-order valence-electron chi connectivity index (χ2n) is 11.0. The summed E-state index contributed by atoms with van der Waals surface area (Å²) < 4.78 is 40.5. The van der Waals surface area contributed by atoms with Gasteiger partial charge in [0.2, 0.25) is 5.76 Å². The Hall–Kier alpha value is -3.66. The van der Waals surface area contributed by atoms with Crippen molar-refractivity contribution in [2.45, 2.75) is 31.1 Å². The van der Waals surface area contributed by atoms with E-state index in [1.807, 2.05) is 42.5 Å². The summed E-state index contributed by atoms with van der Waals surface area (Å²) in [7, 11) is -3.83. The van der Waals surface area contributed by atoms with E-state index in [0.29, 0.717) is 42.0 Å². The highest BCUT2D eigenvalue weighted by atomic mass is 32.2. The van der Waals surface area contributed by atoms with Crippen LogP contribution in [0.25, 0.3) is 22.1 Å². The number of nitrogens with zero attached hydrogens (tertiary/aromatic N) is 1. The molecular weight excluding hydrogens is 526 g/mol. The third-order valence-corrected chi connectivity index (χ3v) is 8.45. The van der Waals surface area contributed by atoms with Crippen LogP contribution in [0.3, 0.4) is 0 Å². The first-order valence-corrected chi connectivity index (χ1v) is 14.9. The Morgan fingerprint density at radius 1 is 0.950 bits per heavy atom. The van der Waals surface area contributed by atoms with Crippen molar-refractivity contribution in [3.8, 4) is 11.1 Å². The van der Waals surface area contributed by atoms with E-state index in [4.69, 9.17) is 9.15 Å². The molecule has 0 saturated carbocycles. The maximum absolute atomic E-state index is 13.3. The third-order valence-electron chi connectivity index (χ3n) is 7.06. The second-order valence-corrected chi connectivity index (χ2v) is 12.7. The van der Waals surface area contributed by atoms with Gasteiger partial charge in [0.1, 0.15) is 5.58 Å². The molecule has 1 aliphatic rings. The number of hydrogen-bond donors (Lipinski definition) is 2. The number of anilines is 1. The fourth-order valence-corrected chi connectivity index (χ4v) is 5.84. The lowest BCUT2D eigenvalue weighted by Crippen LogP contribution is -2.41. The molecular formula is C31H35N3O5S. The summed E-state index contributed by atoms with van der Waals surface area (Å²) in [6, 6.07) is 21.5. The predicted octanol–water partition coefficient (Wildman–Crippen LogP) is 5.26. The SMILES string of the molecule is CC(C)(C)c1ccc(S(=O)(=O)Nc2ccc3oc(C(=O)NCCN4CCOCC4)c(-c4ccccc4)c3c2)cc1. The minimum absolute atomic E-state index is 0.0810. The molecule has 0 radical (unpaired) electrons. The second kappa shape index (κ2) is 11.4. The average Bonchev–Trinajstić information content (AvgIpc) is 3.32. The van der Waals surface area contributed by atoms with Crippen molar-refractivity contribution in [2.75, 3.05) is 44.1 Å². The van der Waals surface area contributed by atoms with Gasteiger partial charge in [0.25, 0.3) is 15.9 Å². The normalized spacial score (nSPS) is 14.8. The van der Waals surface area contributed by atoms with Crippen molar-refractivity contribution in [3.05, 3.63) is 84.1 Å². The van der Waals surface area contributed by atoms with E-state index in [2.05, 4.69) is 35.7 Å². The van der Waals surface area contributed by atoms with Crippen molar-refractivity contribution in [2.24, 2.45) is 0 Å². The Balaban J connectivity index is 1.43. The molecule has 210 valence electrons. The topological polar surface area (TPSA) is 101 Å². The molecule has 4 aromatic rings. The lowest BCUT2D eigenvalue weighted by molar-refractivity contribution is 0.0382. The maximum atomic E-state index is 13.3. The fourth-order valence-electron chi connectivity index (χ4n) is 4.79. The summed E-state index contributed by atoms with van der Waals surface area (Å²) in [6.07, 6.45) is 0. The molecule has 8 nitrogen and oxygen atoms in total. The molecule has 1 amide bonds. The van der Waals surface area contributed by atoms with Crippen molar-refractivity contribution in [3.63, 3.8) is 0 Å². The van der Waals surface area contributed by atoms with Crippen LogP contribution in [-0.2, 0) is 20.2 Å². The molecule has 0 unspecified atom stereocenters. The molecule has 1 aromatic heterocycles.